The Morgan fingerprint density at radius 3 is 2.23 bits per heavy atom. The molecule has 2 saturated carbocycles. The Balaban J connectivity index is 1.76. The van der Waals surface area contributed by atoms with Crippen LogP contribution in [0.25, 0.3) is 0 Å². The minimum Gasteiger partial charge on any atom is -0.481 e. The smallest absolute Gasteiger partial charge is 0.309 e. The molecule has 5 heteroatoms. The summed E-state index contributed by atoms with van der Waals surface area (Å²) >= 11 is 0. The predicted molar refractivity (Wildman–Crippen MR) is 122 cm³/mol. The van der Waals surface area contributed by atoms with Crippen molar-refractivity contribution in [2.24, 2.45) is 28.6 Å². The second kappa shape index (κ2) is 10.9. The molecule has 0 aromatic rings. The molecule has 2 rings (SSSR count). The van der Waals surface area contributed by atoms with E-state index in [9.17, 15) is 24.6 Å². The van der Waals surface area contributed by atoms with Crippen LogP contribution in [0.2, 0.25) is 0 Å². The van der Waals surface area contributed by atoms with Gasteiger partial charge in [-0.2, -0.15) is 0 Å². The highest BCUT2D eigenvalue weighted by atomic mass is 16.4. The number of rotatable bonds is 12. The van der Waals surface area contributed by atoms with E-state index in [2.05, 4.69) is 13.8 Å². The van der Waals surface area contributed by atoms with Gasteiger partial charge in [0.05, 0.1) is 5.41 Å². The van der Waals surface area contributed by atoms with Crippen LogP contribution >= 0.6 is 0 Å². The van der Waals surface area contributed by atoms with Crippen molar-refractivity contribution < 1.29 is 24.6 Å². The van der Waals surface area contributed by atoms with E-state index in [1.165, 1.54) is 0 Å². The summed E-state index contributed by atoms with van der Waals surface area (Å²) in [5.41, 5.74) is 0.0605. The molecule has 0 heterocycles. The molecular formula is C26H42O5. The average molecular weight is 435 g/mol. The van der Waals surface area contributed by atoms with Gasteiger partial charge in [-0.15, -0.1) is 0 Å². The molecule has 0 bridgehead atoms. The van der Waals surface area contributed by atoms with Crippen LogP contribution in [-0.4, -0.2) is 34.4 Å². The summed E-state index contributed by atoms with van der Waals surface area (Å²) in [6.45, 7) is 7.75. The second-order valence-corrected chi connectivity index (χ2v) is 11.2. The highest BCUT2D eigenvalue weighted by Gasteiger charge is 2.35. The molecule has 0 radical (unpaired) electrons. The van der Waals surface area contributed by atoms with Gasteiger partial charge in [0.2, 0.25) is 0 Å². The lowest BCUT2D eigenvalue weighted by Crippen LogP contribution is -2.23. The van der Waals surface area contributed by atoms with Crippen LogP contribution in [0.4, 0.5) is 0 Å². The van der Waals surface area contributed by atoms with Crippen molar-refractivity contribution in [1.29, 1.82) is 0 Å². The first-order valence-electron chi connectivity index (χ1n) is 12.1. The van der Waals surface area contributed by atoms with Gasteiger partial charge in [-0.1, -0.05) is 32.8 Å². The first-order chi connectivity index (χ1) is 14.5. The van der Waals surface area contributed by atoms with Crippen molar-refractivity contribution in [3.8, 4) is 0 Å². The zero-order valence-corrected chi connectivity index (χ0v) is 19.9. The summed E-state index contributed by atoms with van der Waals surface area (Å²) in [5, 5.41) is 18.6. The maximum atomic E-state index is 12.8. The van der Waals surface area contributed by atoms with E-state index < -0.39 is 11.4 Å². The quantitative estimate of drug-likeness (QED) is 0.404. The third-order valence-electron chi connectivity index (χ3n) is 7.53. The van der Waals surface area contributed by atoms with Gasteiger partial charge in [0.15, 0.2) is 5.78 Å². The Morgan fingerprint density at radius 2 is 1.58 bits per heavy atom. The number of carboxylic acids is 1. The molecule has 176 valence electrons. The molecule has 2 aliphatic carbocycles. The van der Waals surface area contributed by atoms with Gasteiger partial charge < -0.3 is 10.2 Å². The molecule has 3 unspecified atom stereocenters. The zero-order chi connectivity index (χ0) is 23.2. The first-order valence-corrected chi connectivity index (χ1v) is 12.1. The maximum Gasteiger partial charge on any atom is 0.309 e. The first kappa shape index (κ1) is 25.8. The van der Waals surface area contributed by atoms with Crippen LogP contribution in [0.5, 0.6) is 0 Å². The lowest BCUT2D eigenvalue weighted by Gasteiger charge is -2.21. The van der Waals surface area contributed by atoms with Crippen LogP contribution in [0.15, 0.2) is 11.6 Å². The van der Waals surface area contributed by atoms with Crippen molar-refractivity contribution >= 4 is 17.5 Å². The number of carbonyl (C=O) groups is 3. The molecule has 0 aliphatic heterocycles. The standard InChI is InChI=1S/C26H42O5/c1-25(2,17-27)15-5-7-18-9-11-20(22(18)28)13-14-21-12-10-19(23(21)29)8-6-16-26(3,4)24(30)31/h14,18-20,27H,5-13,15-17H2,1-4H3,(H,30,31). The molecule has 0 aromatic heterocycles. The van der Waals surface area contributed by atoms with Crippen molar-refractivity contribution in [2.45, 2.75) is 98.3 Å². The molecule has 31 heavy (non-hydrogen) atoms. The van der Waals surface area contributed by atoms with Gasteiger partial charge in [-0.3, -0.25) is 14.4 Å². The highest BCUT2D eigenvalue weighted by Crippen LogP contribution is 2.37. The van der Waals surface area contributed by atoms with E-state index in [0.29, 0.717) is 18.6 Å². The Hall–Kier alpha value is -1.49. The van der Waals surface area contributed by atoms with Crippen molar-refractivity contribution in [3.05, 3.63) is 11.6 Å². The molecule has 3 atom stereocenters. The Kier molecular flexibility index (Phi) is 9.05. The summed E-state index contributed by atoms with van der Waals surface area (Å²) in [6, 6.07) is 0. The third-order valence-corrected chi connectivity index (χ3v) is 7.53. The van der Waals surface area contributed by atoms with Gasteiger partial charge in [0, 0.05) is 24.4 Å². The molecule has 0 saturated heterocycles. The Labute approximate surface area is 187 Å². The fraction of sp³-hybridized carbons (Fsp3) is 0.808. The van der Waals surface area contributed by atoms with E-state index in [1.807, 2.05) is 6.08 Å². The van der Waals surface area contributed by atoms with Crippen LogP contribution in [0.1, 0.15) is 98.3 Å². The molecule has 0 spiro atoms. The van der Waals surface area contributed by atoms with Crippen LogP contribution in [0, 0.1) is 28.6 Å². The van der Waals surface area contributed by atoms with Crippen LogP contribution in [-0.2, 0) is 14.4 Å². The minimum atomic E-state index is -0.789. The summed E-state index contributed by atoms with van der Waals surface area (Å²) in [4.78, 5) is 36.7. The van der Waals surface area contributed by atoms with E-state index in [1.54, 1.807) is 13.8 Å². The third kappa shape index (κ3) is 7.27. The number of aliphatic hydroxyl groups excluding tert-OH is 1. The summed E-state index contributed by atoms with van der Waals surface area (Å²) < 4.78 is 0. The topological polar surface area (TPSA) is 91.7 Å². The molecule has 0 amide bonds. The van der Waals surface area contributed by atoms with Crippen LogP contribution in [0.3, 0.4) is 0 Å². The SMILES string of the molecule is CC(C)(CO)CCCC1CCC(CC=C2CCC(CCCC(C)(C)C(=O)O)C2=O)C1=O. The maximum absolute atomic E-state index is 12.8. The molecule has 5 nitrogen and oxygen atoms in total. The van der Waals surface area contributed by atoms with Gasteiger partial charge in [-0.25, -0.2) is 0 Å². The Morgan fingerprint density at radius 1 is 0.968 bits per heavy atom. The van der Waals surface area contributed by atoms with E-state index in [0.717, 1.165) is 63.4 Å². The number of aliphatic hydroxyl groups is 1. The second-order valence-electron chi connectivity index (χ2n) is 11.2. The zero-order valence-electron chi connectivity index (χ0n) is 19.9. The molecule has 2 fully saturated rings. The Bertz CT molecular complexity index is 688. The highest BCUT2D eigenvalue weighted by molar-refractivity contribution is 5.99. The molecule has 2 N–H and O–H groups in total. The van der Waals surface area contributed by atoms with E-state index >= 15 is 0 Å². The number of aliphatic carboxylic acids is 1. The molecule has 2 aliphatic rings. The summed E-state index contributed by atoms with van der Waals surface area (Å²) in [5.74, 6) is -0.0211. The van der Waals surface area contributed by atoms with Gasteiger partial charge in [0.1, 0.15) is 5.78 Å². The number of hydrogen-bond acceptors (Lipinski definition) is 4. The van der Waals surface area contributed by atoms with Gasteiger partial charge in [-0.05, 0) is 82.6 Å². The summed E-state index contributed by atoms with van der Waals surface area (Å²) in [7, 11) is 0. The average Bonchev–Trinajstić information content (AvgIpc) is 3.23. The normalized spacial score (nSPS) is 26.2. The lowest BCUT2D eigenvalue weighted by molar-refractivity contribution is -0.147. The van der Waals surface area contributed by atoms with Crippen molar-refractivity contribution in [1.82, 2.24) is 0 Å². The molecular weight excluding hydrogens is 392 g/mol. The number of hydrogen-bond donors (Lipinski definition) is 2. The summed E-state index contributed by atoms with van der Waals surface area (Å²) in [6.07, 6.45) is 11.1. The monoisotopic (exact) mass is 434 g/mol. The number of allylic oxidation sites excluding steroid dienone is 2. The van der Waals surface area contributed by atoms with Crippen molar-refractivity contribution in [2.75, 3.05) is 6.61 Å². The minimum absolute atomic E-state index is 0.0118. The fourth-order valence-electron chi connectivity index (χ4n) is 4.95. The van der Waals surface area contributed by atoms with E-state index in [-0.39, 0.29) is 35.6 Å². The molecule has 0 aromatic carbocycles. The largest absolute Gasteiger partial charge is 0.481 e. The fourth-order valence-corrected chi connectivity index (χ4v) is 4.95. The lowest BCUT2D eigenvalue weighted by atomic mass is 9.85. The number of carboxylic acid groups (broad SMARTS) is 1. The predicted octanol–water partition coefficient (Wildman–Crippen LogP) is 5.35. The van der Waals surface area contributed by atoms with E-state index in [4.69, 9.17) is 0 Å². The van der Waals surface area contributed by atoms with Gasteiger partial charge >= 0.3 is 5.97 Å². The number of carbonyl (C=O) groups excluding carboxylic acids is 2. The number of ketones is 2. The number of Topliss-reactive ketones (excluding diaryl/α,β-unsaturated/α-hetero) is 2. The van der Waals surface area contributed by atoms with Crippen LogP contribution < -0.4 is 0 Å². The van der Waals surface area contributed by atoms with Crippen molar-refractivity contribution in [3.63, 3.8) is 0 Å². The van der Waals surface area contributed by atoms with Gasteiger partial charge in [0.25, 0.3) is 0 Å².